The molecule has 0 aromatic rings. The highest BCUT2D eigenvalue weighted by Crippen LogP contribution is 2.38. The SMILES string of the molecule is C1=CC2C(CC1)CCN1CC=CC21. The first-order valence-corrected chi connectivity index (χ1v) is 5.52. The minimum atomic E-state index is 0.746. The van der Waals surface area contributed by atoms with Crippen LogP contribution in [-0.4, -0.2) is 24.0 Å². The molecule has 1 fully saturated rings. The summed E-state index contributed by atoms with van der Waals surface area (Å²) in [5.41, 5.74) is 0. The molecule has 2 heterocycles. The van der Waals surface area contributed by atoms with Crippen molar-refractivity contribution in [3.05, 3.63) is 24.3 Å². The van der Waals surface area contributed by atoms with Gasteiger partial charge in [0.1, 0.15) is 0 Å². The Morgan fingerprint density at radius 1 is 1.08 bits per heavy atom. The number of rotatable bonds is 0. The Morgan fingerprint density at radius 3 is 3.08 bits per heavy atom. The van der Waals surface area contributed by atoms with Gasteiger partial charge in [-0.05, 0) is 37.6 Å². The largest absolute Gasteiger partial charge is 0.293 e. The van der Waals surface area contributed by atoms with Crippen LogP contribution in [0.3, 0.4) is 0 Å². The van der Waals surface area contributed by atoms with E-state index < -0.39 is 0 Å². The van der Waals surface area contributed by atoms with Gasteiger partial charge in [-0.3, -0.25) is 4.90 Å². The van der Waals surface area contributed by atoms with Crippen molar-refractivity contribution in [2.24, 2.45) is 11.8 Å². The van der Waals surface area contributed by atoms with E-state index in [1.54, 1.807) is 0 Å². The third-order valence-corrected chi connectivity index (χ3v) is 3.88. The molecule has 1 saturated heterocycles. The molecule has 0 aromatic heterocycles. The second-order valence-electron chi connectivity index (χ2n) is 4.55. The van der Waals surface area contributed by atoms with E-state index in [9.17, 15) is 0 Å². The minimum Gasteiger partial charge on any atom is -0.293 e. The Kier molecular flexibility index (Phi) is 1.79. The molecule has 3 aliphatic rings. The maximum Gasteiger partial charge on any atom is 0.0347 e. The molecule has 0 saturated carbocycles. The summed E-state index contributed by atoms with van der Waals surface area (Å²) in [5, 5.41) is 0. The van der Waals surface area contributed by atoms with Crippen molar-refractivity contribution in [1.29, 1.82) is 0 Å². The van der Waals surface area contributed by atoms with E-state index in [-0.39, 0.29) is 0 Å². The standard InChI is InChI=1S/C12H17N/c1-2-5-11-10(4-1)7-9-13-8-3-6-12(11)13/h2-3,5-6,10-12H,1,4,7-9H2. The van der Waals surface area contributed by atoms with Crippen LogP contribution >= 0.6 is 0 Å². The minimum absolute atomic E-state index is 0.746. The number of allylic oxidation sites excluding steroid dienone is 1. The zero-order valence-corrected chi connectivity index (χ0v) is 8.02. The Balaban J connectivity index is 1.87. The summed E-state index contributed by atoms with van der Waals surface area (Å²) in [5.74, 6) is 1.82. The normalized spacial score (nSPS) is 43.2. The third kappa shape index (κ3) is 1.18. The van der Waals surface area contributed by atoms with Crippen molar-refractivity contribution in [3.63, 3.8) is 0 Å². The lowest BCUT2D eigenvalue weighted by Gasteiger charge is -2.42. The van der Waals surface area contributed by atoms with Gasteiger partial charge in [-0.15, -0.1) is 0 Å². The summed E-state index contributed by atoms with van der Waals surface area (Å²) in [6, 6.07) is 0.746. The molecule has 0 N–H and O–H groups in total. The van der Waals surface area contributed by atoms with Crippen LogP contribution in [0.4, 0.5) is 0 Å². The second kappa shape index (κ2) is 2.98. The molecule has 1 heteroatoms. The van der Waals surface area contributed by atoms with Gasteiger partial charge in [0.05, 0.1) is 0 Å². The van der Waals surface area contributed by atoms with E-state index in [4.69, 9.17) is 0 Å². The van der Waals surface area contributed by atoms with Gasteiger partial charge in [-0.25, -0.2) is 0 Å². The van der Waals surface area contributed by atoms with Gasteiger partial charge in [-0.2, -0.15) is 0 Å². The Labute approximate surface area is 80.1 Å². The van der Waals surface area contributed by atoms with E-state index in [1.165, 1.54) is 32.4 Å². The predicted octanol–water partition coefficient (Wildman–Crippen LogP) is 2.21. The van der Waals surface area contributed by atoms with Crippen LogP contribution in [-0.2, 0) is 0 Å². The highest BCUT2D eigenvalue weighted by molar-refractivity contribution is 5.15. The summed E-state index contributed by atoms with van der Waals surface area (Å²) in [4.78, 5) is 2.62. The predicted molar refractivity (Wildman–Crippen MR) is 54.5 cm³/mol. The fourth-order valence-electron chi connectivity index (χ4n) is 3.17. The maximum atomic E-state index is 2.62. The van der Waals surface area contributed by atoms with Gasteiger partial charge < -0.3 is 0 Å². The van der Waals surface area contributed by atoms with E-state index in [0.717, 1.165) is 17.9 Å². The number of piperidine rings is 1. The summed E-state index contributed by atoms with van der Waals surface area (Å²) < 4.78 is 0. The highest BCUT2D eigenvalue weighted by Gasteiger charge is 2.36. The maximum absolute atomic E-state index is 2.62. The van der Waals surface area contributed by atoms with Crippen LogP contribution in [0, 0.1) is 11.8 Å². The molecule has 1 aliphatic carbocycles. The Hall–Kier alpha value is -0.560. The lowest BCUT2D eigenvalue weighted by Crippen LogP contribution is -2.45. The van der Waals surface area contributed by atoms with Crippen LogP contribution in [0.15, 0.2) is 24.3 Å². The van der Waals surface area contributed by atoms with Gasteiger partial charge >= 0.3 is 0 Å². The molecule has 3 unspecified atom stereocenters. The molecule has 0 bridgehead atoms. The Morgan fingerprint density at radius 2 is 2.08 bits per heavy atom. The van der Waals surface area contributed by atoms with E-state index in [0.29, 0.717) is 0 Å². The molecule has 0 aromatic carbocycles. The van der Waals surface area contributed by atoms with Crippen LogP contribution in [0.1, 0.15) is 19.3 Å². The number of nitrogens with zero attached hydrogens (tertiary/aromatic N) is 1. The molecular formula is C12H17N. The first kappa shape index (κ1) is 7.81. The van der Waals surface area contributed by atoms with Gasteiger partial charge in [0.25, 0.3) is 0 Å². The van der Waals surface area contributed by atoms with E-state index in [1.807, 2.05) is 0 Å². The van der Waals surface area contributed by atoms with Crippen molar-refractivity contribution < 1.29 is 0 Å². The quantitative estimate of drug-likeness (QED) is 0.510. The average Bonchev–Trinajstić information content (AvgIpc) is 2.65. The summed E-state index contributed by atoms with van der Waals surface area (Å²) in [6.07, 6.45) is 13.8. The van der Waals surface area contributed by atoms with E-state index >= 15 is 0 Å². The van der Waals surface area contributed by atoms with Crippen molar-refractivity contribution in [3.8, 4) is 0 Å². The molecule has 3 atom stereocenters. The van der Waals surface area contributed by atoms with Crippen LogP contribution in [0.2, 0.25) is 0 Å². The molecule has 0 spiro atoms. The van der Waals surface area contributed by atoms with Gasteiger partial charge in [-0.1, -0.05) is 24.3 Å². The monoisotopic (exact) mass is 175 g/mol. The molecule has 70 valence electrons. The summed E-state index contributed by atoms with van der Waals surface area (Å²) >= 11 is 0. The smallest absolute Gasteiger partial charge is 0.0347 e. The molecule has 1 nitrogen and oxygen atoms in total. The van der Waals surface area contributed by atoms with Crippen molar-refractivity contribution in [2.45, 2.75) is 25.3 Å². The topological polar surface area (TPSA) is 3.24 Å². The molecule has 3 rings (SSSR count). The van der Waals surface area contributed by atoms with Crippen LogP contribution in [0.5, 0.6) is 0 Å². The molecule has 0 amide bonds. The first-order chi connectivity index (χ1) is 6.45. The van der Waals surface area contributed by atoms with Crippen molar-refractivity contribution >= 4 is 0 Å². The fraction of sp³-hybridized carbons (Fsp3) is 0.667. The van der Waals surface area contributed by atoms with Gasteiger partial charge in [0, 0.05) is 12.6 Å². The average molecular weight is 175 g/mol. The molecular weight excluding hydrogens is 158 g/mol. The van der Waals surface area contributed by atoms with Crippen LogP contribution < -0.4 is 0 Å². The number of hydrogen-bond acceptors (Lipinski definition) is 1. The molecule has 0 radical (unpaired) electrons. The van der Waals surface area contributed by atoms with E-state index in [2.05, 4.69) is 29.2 Å². The third-order valence-electron chi connectivity index (χ3n) is 3.88. The van der Waals surface area contributed by atoms with Crippen molar-refractivity contribution in [2.75, 3.05) is 13.1 Å². The Bertz CT molecular complexity index is 254. The van der Waals surface area contributed by atoms with Gasteiger partial charge in [0.15, 0.2) is 0 Å². The lowest BCUT2D eigenvalue weighted by atomic mass is 9.75. The summed E-state index contributed by atoms with van der Waals surface area (Å²) in [6.45, 7) is 2.52. The second-order valence-corrected chi connectivity index (χ2v) is 4.55. The fourth-order valence-corrected chi connectivity index (χ4v) is 3.17. The number of hydrogen-bond donors (Lipinski definition) is 0. The highest BCUT2D eigenvalue weighted by atomic mass is 15.2. The zero-order chi connectivity index (χ0) is 8.67. The molecule has 13 heavy (non-hydrogen) atoms. The number of fused-ring (bicyclic) bond motifs is 3. The molecule has 2 aliphatic heterocycles. The van der Waals surface area contributed by atoms with Crippen molar-refractivity contribution in [1.82, 2.24) is 4.90 Å². The van der Waals surface area contributed by atoms with Gasteiger partial charge in [0.2, 0.25) is 0 Å². The summed E-state index contributed by atoms with van der Waals surface area (Å²) in [7, 11) is 0. The zero-order valence-electron chi connectivity index (χ0n) is 8.02. The van der Waals surface area contributed by atoms with Crippen LogP contribution in [0.25, 0.3) is 0 Å². The lowest BCUT2D eigenvalue weighted by molar-refractivity contribution is 0.113. The first-order valence-electron chi connectivity index (χ1n) is 5.52.